The zero-order chi connectivity index (χ0) is 23.5. The third kappa shape index (κ3) is 4.45. The monoisotopic (exact) mass is 480 g/mol. The predicted molar refractivity (Wildman–Crippen MR) is 129 cm³/mol. The van der Waals surface area contributed by atoms with Crippen molar-refractivity contribution < 1.29 is 19.4 Å². The average Bonchev–Trinajstić information content (AvgIpc) is 3.49. The first-order valence-corrected chi connectivity index (χ1v) is 11.9. The van der Waals surface area contributed by atoms with Gasteiger partial charge in [-0.25, -0.2) is 4.98 Å². The highest BCUT2D eigenvalue weighted by molar-refractivity contribution is 7.14. The molecule has 1 aromatic carbocycles. The summed E-state index contributed by atoms with van der Waals surface area (Å²) in [7, 11) is 0. The second-order valence-electron chi connectivity index (χ2n) is 7.88. The number of hydrogen-bond donors (Lipinski definition) is 3. The van der Waals surface area contributed by atoms with Gasteiger partial charge in [-0.15, -0.1) is 11.3 Å². The fourth-order valence-corrected chi connectivity index (χ4v) is 4.83. The molecule has 2 amide bonds. The number of benzene rings is 1. The summed E-state index contributed by atoms with van der Waals surface area (Å²) in [5.74, 6) is -0.0197. The number of rotatable bonds is 7. The Hall–Kier alpha value is -3.54. The van der Waals surface area contributed by atoms with Gasteiger partial charge in [-0.05, 0) is 23.8 Å². The maximum atomic E-state index is 13.0. The van der Waals surface area contributed by atoms with Crippen molar-refractivity contribution in [3.63, 3.8) is 0 Å². The quantitative estimate of drug-likeness (QED) is 0.468. The van der Waals surface area contributed by atoms with E-state index in [1.165, 1.54) is 11.3 Å². The summed E-state index contributed by atoms with van der Waals surface area (Å²) in [6.45, 7) is 3.89. The molecule has 5 rings (SSSR count). The molecule has 2 aliphatic heterocycles. The van der Waals surface area contributed by atoms with E-state index in [4.69, 9.17) is 9.84 Å². The summed E-state index contributed by atoms with van der Waals surface area (Å²) >= 11 is 1.24. The predicted octanol–water partition coefficient (Wildman–Crippen LogP) is 1.73. The zero-order valence-electron chi connectivity index (χ0n) is 18.4. The number of anilines is 3. The van der Waals surface area contributed by atoms with Crippen LogP contribution >= 0.6 is 11.3 Å². The highest BCUT2D eigenvalue weighted by atomic mass is 32.1. The van der Waals surface area contributed by atoms with Crippen molar-refractivity contribution in [2.24, 2.45) is 0 Å². The van der Waals surface area contributed by atoms with Gasteiger partial charge in [-0.3, -0.25) is 19.5 Å². The number of carbonyl (C=O) groups is 2. The van der Waals surface area contributed by atoms with E-state index in [1.807, 2.05) is 12.1 Å². The highest BCUT2D eigenvalue weighted by Crippen LogP contribution is 2.33. The van der Waals surface area contributed by atoms with Crippen molar-refractivity contribution in [2.75, 3.05) is 54.5 Å². The third-order valence-electron chi connectivity index (χ3n) is 5.70. The van der Waals surface area contributed by atoms with E-state index in [9.17, 15) is 9.59 Å². The number of pyridine rings is 1. The molecule has 1 fully saturated rings. The van der Waals surface area contributed by atoms with Crippen LogP contribution in [0.25, 0.3) is 0 Å². The van der Waals surface area contributed by atoms with Gasteiger partial charge in [0.15, 0.2) is 5.13 Å². The lowest BCUT2D eigenvalue weighted by Gasteiger charge is -2.30. The Morgan fingerprint density at radius 3 is 2.94 bits per heavy atom. The van der Waals surface area contributed by atoms with E-state index in [2.05, 4.69) is 25.5 Å². The van der Waals surface area contributed by atoms with E-state index >= 15 is 0 Å². The van der Waals surface area contributed by atoms with Crippen LogP contribution in [0.15, 0.2) is 42.0 Å². The fourth-order valence-electron chi connectivity index (χ4n) is 4.03. The Labute approximate surface area is 200 Å². The number of ether oxygens (including phenoxy) is 1. The first kappa shape index (κ1) is 22.3. The van der Waals surface area contributed by atoms with Crippen molar-refractivity contribution in [3.05, 3.63) is 58.9 Å². The molecule has 0 unspecified atom stereocenters. The van der Waals surface area contributed by atoms with Gasteiger partial charge in [-0.1, -0.05) is 6.07 Å². The normalized spacial score (nSPS) is 15.4. The molecule has 3 N–H and O–H groups in total. The van der Waals surface area contributed by atoms with Crippen LogP contribution in [-0.2, 0) is 6.54 Å². The van der Waals surface area contributed by atoms with Crippen LogP contribution in [0.1, 0.15) is 26.4 Å². The first-order valence-electron chi connectivity index (χ1n) is 11.0. The third-order valence-corrected chi connectivity index (χ3v) is 6.57. The van der Waals surface area contributed by atoms with Gasteiger partial charge in [-0.2, -0.15) is 0 Å². The molecule has 34 heavy (non-hydrogen) atoms. The van der Waals surface area contributed by atoms with Crippen LogP contribution in [-0.4, -0.2) is 66.3 Å². The number of amides is 2. The van der Waals surface area contributed by atoms with Gasteiger partial charge in [0.1, 0.15) is 18.1 Å². The van der Waals surface area contributed by atoms with Crippen LogP contribution in [0.2, 0.25) is 0 Å². The molecular weight excluding hydrogens is 456 g/mol. The van der Waals surface area contributed by atoms with Crippen molar-refractivity contribution in [3.8, 4) is 5.75 Å². The van der Waals surface area contributed by atoms with Crippen molar-refractivity contribution in [2.45, 2.75) is 6.54 Å². The van der Waals surface area contributed by atoms with Gasteiger partial charge in [0.2, 0.25) is 0 Å². The summed E-state index contributed by atoms with van der Waals surface area (Å²) in [6, 6.07) is 7.18. The van der Waals surface area contributed by atoms with E-state index in [0.29, 0.717) is 28.7 Å². The van der Waals surface area contributed by atoms with Gasteiger partial charge < -0.3 is 25.4 Å². The van der Waals surface area contributed by atoms with Gasteiger partial charge in [0.25, 0.3) is 11.8 Å². The minimum absolute atomic E-state index is 0.100. The number of aliphatic hydroxyl groups is 1. The van der Waals surface area contributed by atoms with Crippen molar-refractivity contribution in [1.82, 2.24) is 15.3 Å². The molecule has 0 spiro atoms. The van der Waals surface area contributed by atoms with E-state index in [-0.39, 0.29) is 30.7 Å². The fraction of sp³-hybridized carbons (Fsp3) is 0.304. The maximum absolute atomic E-state index is 13.0. The molecule has 0 saturated carbocycles. The summed E-state index contributed by atoms with van der Waals surface area (Å²) in [4.78, 5) is 38.3. The smallest absolute Gasteiger partial charge is 0.275 e. The van der Waals surface area contributed by atoms with E-state index < -0.39 is 0 Å². The number of nitrogens with one attached hydrogen (secondary N) is 2. The van der Waals surface area contributed by atoms with Crippen LogP contribution in [0.3, 0.4) is 0 Å². The number of aromatic nitrogens is 2. The molecule has 0 atom stereocenters. The van der Waals surface area contributed by atoms with Crippen LogP contribution in [0, 0.1) is 0 Å². The Bertz CT molecular complexity index is 1210. The number of piperazine rings is 1. The van der Waals surface area contributed by atoms with Gasteiger partial charge in [0, 0.05) is 43.3 Å². The number of hydrogen-bond acceptors (Lipinski definition) is 9. The summed E-state index contributed by atoms with van der Waals surface area (Å²) in [5, 5.41) is 17.3. The largest absolute Gasteiger partial charge is 0.491 e. The van der Waals surface area contributed by atoms with Crippen LogP contribution < -0.4 is 25.2 Å². The number of carbonyl (C=O) groups excluding carboxylic acids is 2. The SMILES string of the molecule is O=C(Nc1cnccc1N1CCNCC1)c1csc(N2Cc3ccc(OCCO)cc3C2=O)n1. The molecule has 2 aliphatic rings. The van der Waals surface area contributed by atoms with E-state index in [0.717, 1.165) is 37.4 Å². The number of thiazole rings is 1. The minimum atomic E-state index is -0.351. The highest BCUT2D eigenvalue weighted by Gasteiger charge is 2.31. The lowest BCUT2D eigenvalue weighted by molar-refractivity contribution is 0.0991. The summed E-state index contributed by atoms with van der Waals surface area (Å²) in [5.41, 5.74) is 3.19. The molecule has 1 saturated heterocycles. The van der Waals surface area contributed by atoms with Crippen LogP contribution in [0.5, 0.6) is 5.75 Å². The number of fused-ring (bicyclic) bond motifs is 1. The molecule has 0 radical (unpaired) electrons. The molecule has 10 nitrogen and oxygen atoms in total. The first-order chi connectivity index (χ1) is 16.6. The summed E-state index contributed by atoms with van der Waals surface area (Å²) < 4.78 is 5.42. The second kappa shape index (κ2) is 9.75. The molecule has 176 valence electrons. The zero-order valence-corrected chi connectivity index (χ0v) is 19.2. The molecule has 2 aromatic heterocycles. The molecule has 3 aromatic rings. The maximum Gasteiger partial charge on any atom is 0.275 e. The van der Waals surface area contributed by atoms with Crippen molar-refractivity contribution >= 4 is 39.7 Å². The Balaban J connectivity index is 1.30. The Kier molecular flexibility index (Phi) is 6.39. The lowest BCUT2D eigenvalue weighted by Crippen LogP contribution is -2.43. The Morgan fingerprint density at radius 2 is 2.12 bits per heavy atom. The van der Waals surface area contributed by atoms with Crippen LogP contribution in [0.4, 0.5) is 16.5 Å². The standard InChI is InChI=1S/C23H24N6O4S/c30-9-10-33-16-2-1-15-13-29(22(32)17(15)11-16)23-27-19(14-34-23)21(31)26-18-12-25-4-3-20(18)28-7-5-24-6-8-28/h1-4,11-12,14,24,30H,5-10,13H2,(H,26,31). The average molecular weight is 481 g/mol. The number of aliphatic hydroxyl groups excluding tert-OH is 1. The van der Waals surface area contributed by atoms with Crippen molar-refractivity contribution in [1.29, 1.82) is 0 Å². The van der Waals surface area contributed by atoms with Gasteiger partial charge in [0.05, 0.1) is 30.7 Å². The molecule has 4 heterocycles. The van der Waals surface area contributed by atoms with Gasteiger partial charge >= 0.3 is 0 Å². The molecular formula is C23H24N6O4S. The van der Waals surface area contributed by atoms with E-state index in [1.54, 1.807) is 34.8 Å². The number of nitrogens with zero attached hydrogens (tertiary/aromatic N) is 4. The lowest BCUT2D eigenvalue weighted by atomic mass is 10.1. The Morgan fingerprint density at radius 1 is 1.26 bits per heavy atom. The minimum Gasteiger partial charge on any atom is -0.491 e. The molecule has 0 aliphatic carbocycles. The summed E-state index contributed by atoms with van der Waals surface area (Å²) in [6.07, 6.45) is 3.35. The molecule has 11 heteroatoms. The second-order valence-corrected chi connectivity index (χ2v) is 8.72. The molecule has 0 bridgehead atoms. The topological polar surface area (TPSA) is 120 Å².